The summed E-state index contributed by atoms with van der Waals surface area (Å²) in [4.78, 5) is 4.45. The zero-order valence-corrected chi connectivity index (χ0v) is 11.7. The zero-order valence-electron chi connectivity index (χ0n) is 11.7. The minimum Gasteiger partial charge on any atom is -0.331 e. The largest absolute Gasteiger partial charge is 0.331 e. The van der Waals surface area contributed by atoms with E-state index in [9.17, 15) is 0 Å². The molecule has 0 bridgehead atoms. The molecule has 1 saturated heterocycles. The van der Waals surface area contributed by atoms with Gasteiger partial charge in [0.1, 0.15) is 0 Å². The molecule has 1 aromatic rings. The highest BCUT2D eigenvalue weighted by atomic mass is 15.1. The second-order valence-corrected chi connectivity index (χ2v) is 6.60. The minimum atomic E-state index is 0.289. The van der Waals surface area contributed by atoms with Crippen LogP contribution in [0.2, 0.25) is 0 Å². The molecule has 3 atom stereocenters. The van der Waals surface area contributed by atoms with Crippen molar-refractivity contribution in [2.24, 2.45) is 5.92 Å². The first-order chi connectivity index (χ1) is 8.69. The van der Waals surface area contributed by atoms with Gasteiger partial charge in [-0.25, -0.2) is 4.98 Å². The Kier molecular flexibility index (Phi) is 3.18. The second-order valence-electron chi connectivity index (χ2n) is 6.60. The average Bonchev–Trinajstić information content (AvgIpc) is 2.98. The summed E-state index contributed by atoms with van der Waals surface area (Å²) in [6.07, 6.45) is 10.8. The highest BCUT2D eigenvalue weighted by Crippen LogP contribution is 2.37. The van der Waals surface area contributed by atoms with Gasteiger partial charge in [0.2, 0.25) is 0 Å². The van der Waals surface area contributed by atoms with E-state index in [-0.39, 0.29) is 5.41 Å². The number of nitrogens with one attached hydrogen (secondary N) is 1. The van der Waals surface area contributed by atoms with E-state index >= 15 is 0 Å². The number of aromatic nitrogens is 2. The molecule has 1 saturated carbocycles. The van der Waals surface area contributed by atoms with E-state index in [4.69, 9.17) is 0 Å². The molecule has 0 radical (unpaired) electrons. The zero-order chi connectivity index (χ0) is 12.6. The standard InChI is InChI=1S/C15H25N3/c1-12-4-3-5-13(8-12)18-11-17-9-14(18)15(2)6-7-16-10-15/h9,11-13,16H,3-8,10H2,1-2H3. The minimum absolute atomic E-state index is 0.289. The number of imidazole rings is 1. The number of hydrogen-bond acceptors (Lipinski definition) is 2. The molecular formula is C15H25N3. The van der Waals surface area contributed by atoms with E-state index in [1.807, 2.05) is 0 Å². The van der Waals surface area contributed by atoms with Crippen LogP contribution in [0.1, 0.15) is 57.7 Å². The lowest BCUT2D eigenvalue weighted by Gasteiger charge is -2.32. The van der Waals surface area contributed by atoms with Crippen molar-refractivity contribution in [2.45, 2.75) is 57.4 Å². The molecular weight excluding hydrogens is 222 g/mol. The lowest BCUT2D eigenvalue weighted by atomic mass is 9.83. The van der Waals surface area contributed by atoms with Gasteiger partial charge in [0.15, 0.2) is 0 Å². The summed E-state index contributed by atoms with van der Waals surface area (Å²) in [5.74, 6) is 0.869. The highest BCUT2D eigenvalue weighted by molar-refractivity contribution is 5.18. The van der Waals surface area contributed by atoms with Crippen molar-refractivity contribution in [3.63, 3.8) is 0 Å². The van der Waals surface area contributed by atoms with Crippen LogP contribution in [0.15, 0.2) is 12.5 Å². The van der Waals surface area contributed by atoms with Gasteiger partial charge >= 0.3 is 0 Å². The molecule has 1 aromatic heterocycles. The molecule has 3 rings (SSSR count). The van der Waals surface area contributed by atoms with E-state index in [1.54, 1.807) is 0 Å². The summed E-state index contributed by atoms with van der Waals surface area (Å²) in [5.41, 5.74) is 1.74. The third kappa shape index (κ3) is 2.09. The lowest BCUT2D eigenvalue weighted by Crippen LogP contribution is -2.30. The molecule has 0 spiro atoms. The maximum absolute atomic E-state index is 4.45. The van der Waals surface area contributed by atoms with Crippen molar-refractivity contribution in [1.29, 1.82) is 0 Å². The molecule has 2 heterocycles. The van der Waals surface area contributed by atoms with Gasteiger partial charge in [-0.15, -0.1) is 0 Å². The predicted octanol–water partition coefficient (Wildman–Crippen LogP) is 2.89. The summed E-state index contributed by atoms with van der Waals surface area (Å²) in [6, 6.07) is 0.684. The van der Waals surface area contributed by atoms with Crippen molar-refractivity contribution >= 4 is 0 Å². The number of nitrogens with zero attached hydrogens (tertiary/aromatic N) is 2. The molecule has 3 unspecified atom stereocenters. The second kappa shape index (κ2) is 4.69. The van der Waals surface area contributed by atoms with Crippen molar-refractivity contribution in [3.8, 4) is 0 Å². The van der Waals surface area contributed by atoms with Crippen LogP contribution in [0.5, 0.6) is 0 Å². The number of hydrogen-bond donors (Lipinski definition) is 1. The maximum atomic E-state index is 4.45. The number of rotatable bonds is 2. The van der Waals surface area contributed by atoms with Gasteiger partial charge in [-0.1, -0.05) is 26.7 Å². The highest BCUT2D eigenvalue weighted by Gasteiger charge is 2.35. The lowest BCUT2D eigenvalue weighted by molar-refractivity contribution is 0.270. The van der Waals surface area contributed by atoms with Crippen molar-refractivity contribution < 1.29 is 0 Å². The fraction of sp³-hybridized carbons (Fsp3) is 0.800. The van der Waals surface area contributed by atoms with Gasteiger partial charge in [-0.05, 0) is 31.7 Å². The Morgan fingerprint density at radius 2 is 2.33 bits per heavy atom. The Hall–Kier alpha value is -0.830. The van der Waals surface area contributed by atoms with Crippen molar-refractivity contribution in [2.75, 3.05) is 13.1 Å². The molecule has 3 nitrogen and oxygen atoms in total. The van der Waals surface area contributed by atoms with E-state index < -0.39 is 0 Å². The normalized spacial score (nSPS) is 37.0. The molecule has 0 amide bonds. The van der Waals surface area contributed by atoms with Gasteiger partial charge in [-0.2, -0.15) is 0 Å². The van der Waals surface area contributed by atoms with Crippen LogP contribution in [0.4, 0.5) is 0 Å². The first-order valence-corrected chi connectivity index (χ1v) is 7.42. The molecule has 1 aliphatic carbocycles. The van der Waals surface area contributed by atoms with Gasteiger partial charge < -0.3 is 9.88 Å². The quantitative estimate of drug-likeness (QED) is 0.871. The van der Waals surface area contributed by atoms with Crippen LogP contribution in [0, 0.1) is 5.92 Å². The Balaban J connectivity index is 1.86. The first-order valence-electron chi connectivity index (χ1n) is 7.42. The Morgan fingerprint density at radius 3 is 3.06 bits per heavy atom. The molecule has 2 fully saturated rings. The molecule has 1 aliphatic heterocycles. The van der Waals surface area contributed by atoms with Crippen LogP contribution in [0.3, 0.4) is 0 Å². The van der Waals surface area contributed by atoms with Crippen LogP contribution >= 0.6 is 0 Å². The molecule has 18 heavy (non-hydrogen) atoms. The molecule has 100 valence electrons. The van der Waals surface area contributed by atoms with E-state index in [0.29, 0.717) is 6.04 Å². The Bertz CT molecular complexity index is 404. The fourth-order valence-electron chi connectivity index (χ4n) is 3.75. The third-order valence-corrected chi connectivity index (χ3v) is 4.96. The van der Waals surface area contributed by atoms with Crippen LogP contribution in [-0.4, -0.2) is 22.6 Å². The van der Waals surface area contributed by atoms with Crippen LogP contribution < -0.4 is 5.32 Å². The smallest absolute Gasteiger partial charge is 0.0950 e. The maximum Gasteiger partial charge on any atom is 0.0950 e. The summed E-state index contributed by atoms with van der Waals surface area (Å²) in [5, 5.41) is 3.50. The molecule has 1 N–H and O–H groups in total. The van der Waals surface area contributed by atoms with E-state index in [0.717, 1.165) is 19.0 Å². The van der Waals surface area contributed by atoms with Crippen LogP contribution in [0.25, 0.3) is 0 Å². The molecule has 2 aliphatic rings. The Labute approximate surface area is 110 Å². The summed E-state index contributed by atoms with van der Waals surface area (Å²) in [7, 11) is 0. The van der Waals surface area contributed by atoms with E-state index in [2.05, 4.69) is 41.2 Å². The molecule has 3 heteroatoms. The van der Waals surface area contributed by atoms with E-state index in [1.165, 1.54) is 37.8 Å². The molecule has 0 aromatic carbocycles. The van der Waals surface area contributed by atoms with Crippen LogP contribution in [-0.2, 0) is 5.41 Å². The first kappa shape index (κ1) is 12.2. The predicted molar refractivity (Wildman–Crippen MR) is 73.7 cm³/mol. The fourth-order valence-corrected chi connectivity index (χ4v) is 3.75. The average molecular weight is 247 g/mol. The van der Waals surface area contributed by atoms with Gasteiger partial charge in [-0.3, -0.25) is 0 Å². The van der Waals surface area contributed by atoms with Crippen molar-refractivity contribution in [1.82, 2.24) is 14.9 Å². The SMILES string of the molecule is CC1CCCC(n2cncc2C2(C)CCNC2)C1. The van der Waals surface area contributed by atoms with Gasteiger partial charge in [0, 0.05) is 29.9 Å². The third-order valence-electron chi connectivity index (χ3n) is 4.96. The summed E-state index contributed by atoms with van der Waals surface area (Å²) in [6.45, 7) is 7.01. The van der Waals surface area contributed by atoms with Gasteiger partial charge in [0.25, 0.3) is 0 Å². The topological polar surface area (TPSA) is 29.9 Å². The van der Waals surface area contributed by atoms with Gasteiger partial charge in [0.05, 0.1) is 6.33 Å². The Morgan fingerprint density at radius 1 is 1.44 bits per heavy atom. The summed E-state index contributed by atoms with van der Waals surface area (Å²) >= 11 is 0. The monoisotopic (exact) mass is 247 g/mol. The summed E-state index contributed by atoms with van der Waals surface area (Å²) < 4.78 is 2.49. The van der Waals surface area contributed by atoms with Crippen molar-refractivity contribution in [3.05, 3.63) is 18.2 Å².